The van der Waals surface area contributed by atoms with Gasteiger partial charge in [0.2, 0.25) is 0 Å². The Morgan fingerprint density at radius 1 is 0.925 bits per heavy atom. The minimum Gasteiger partial charge on any atom is -0.463 e. The van der Waals surface area contributed by atoms with E-state index in [9.17, 15) is 29.3 Å². The van der Waals surface area contributed by atoms with Gasteiger partial charge < -0.3 is 28.4 Å². The molecule has 0 radical (unpaired) electrons. The summed E-state index contributed by atoms with van der Waals surface area (Å²) in [6.45, 7) is 4.21. The first-order valence-electron chi connectivity index (χ1n) is 12.0. The molecule has 0 aliphatic carbocycles. The van der Waals surface area contributed by atoms with Gasteiger partial charge in [0.15, 0.2) is 24.6 Å². The molecule has 2 aromatic rings. The van der Waals surface area contributed by atoms with Crippen LogP contribution in [0.5, 0.6) is 0 Å². The third kappa shape index (κ3) is 8.54. The van der Waals surface area contributed by atoms with E-state index in [0.29, 0.717) is 5.69 Å². The molecule has 16 nitrogen and oxygen atoms in total. The van der Waals surface area contributed by atoms with Crippen LogP contribution in [0.1, 0.15) is 39.0 Å². The van der Waals surface area contributed by atoms with Crippen molar-refractivity contribution in [3.63, 3.8) is 0 Å². The van der Waals surface area contributed by atoms with Gasteiger partial charge in [0, 0.05) is 39.8 Å². The predicted octanol–water partition coefficient (Wildman–Crippen LogP) is 0.834. The highest BCUT2D eigenvalue weighted by atomic mass is 16.7. The molecule has 1 aliphatic rings. The number of rotatable bonds is 11. The highest BCUT2D eigenvalue weighted by Gasteiger charge is 2.52. The molecule has 0 unspecified atom stereocenters. The van der Waals surface area contributed by atoms with Gasteiger partial charge in [0.05, 0.1) is 24.3 Å². The lowest BCUT2D eigenvalue weighted by molar-refractivity contribution is -0.384. The van der Waals surface area contributed by atoms with E-state index >= 15 is 0 Å². The standard InChI is InChI=1S/C24H28N4O12/c1-13(29)35-12-20-21(37-14(2)30)22(38-15(3)31)23(39-16(4)32)24(40-20)36-11-18-10-27(26-25-18)9-17-5-7-19(8-6-17)28(33)34/h5-8,10,20-24H,9,11-12H2,1-4H3/t20-,21-,22+,23+,24+/m1/s1. The van der Waals surface area contributed by atoms with Gasteiger partial charge in [-0.15, -0.1) is 5.10 Å². The molecular formula is C24H28N4O12. The number of ether oxygens (including phenoxy) is 6. The molecule has 2 heterocycles. The molecule has 216 valence electrons. The van der Waals surface area contributed by atoms with Crippen molar-refractivity contribution in [1.82, 2.24) is 15.0 Å². The van der Waals surface area contributed by atoms with Crippen LogP contribution in [0.15, 0.2) is 30.5 Å². The molecule has 0 spiro atoms. The lowest BCUT2D eigenvalue weighted by Crippen LogP contribution is -2.62. The monoisotopic (exact) mass is 564 g/mol. The highest BCUT2D eigenvalue weighted by Crippen LogP contribution is 2.30. The van der Waals surface area contributed by atoms with Crippen LogP contribution in [-0.4, -0.2) is 81.1 Å². The topological polar surface area (TPSA) is 198 Å². The Labute approximate surface area is 227 Å². The number of aromatic nitrogens is 3. The summed E-state index contributed by atoms with van der Waals surface area (Å²) in [6, 6.07) is 5.93. The molecule has 1 aliphatic heterocycles. The van der Waals surface area contributed by atoms with Crippen LogP contribution in [0.3, 0.4) is 0 Å². The van der Waals surface area contributed by atoms with Crippen molar-refractivity contribution in [1.29, 1.82) is 0 Å². The molecule has 0 bridgehead atoms. The van der Waals surface area contributed by atoms with Crippen molar-refractivity contribution in [2.75, 3.05) is 6.61 Å². The van der Waals surface area contributed by atoms with Crippen molar-refractivity contribution in [3.8, 4) is 0 Å². The van der Waals surface area contributed by atoms with Crippen LogP contribution in [0, 0.1) is 10.1 Å². The number of hydrogen-bond donors (Lipinski definition) is 0. The largest absolute Gasteiger partial charge is 0.463 e. The van der Waals surface area contributed by atoms with E-state index in [1.165, 1.54) is 23.7 Å². The third-order valence-electron chi connectivity index (χ3n) is 5.42. The maximum absolute atomic E-state index is 11.9. The lowest BCUT2D eigenvalue weighted by atomic mass is 9.98. The number of hydrogen-bond acceptors (Lipinski definition) is 14. The molecule has 16 heteroatoms. The summed E-state index contributed by atoms with van der Waals surface area (Å²) < 4.78 is 34.2. The number of carbonyl (C=O) groups excluding carboxylic acids is 4. The Balaban J connectivity index is 1.79. The van der Waals surface area contributed by atoms with E-state index in [1.807, 2.05) is 0 Å². The molecule has 0 saturated carbocycles. The zero-order chi connectivity index (χ0) is 29.4. The molecule has 0 amide bonds. The Morgan fingerprint density at radius 2 is 1.52 bits per heavy atom. The zero-order valence-electron chi connectivity index (χ0n) is 22.1. The average molecular weight is 565 g/mol. The van der Waals surface area contributed by atoms with Gasteiger partial charge in [-0.3, -0.25) is 29.3 Å². The number of nitro groups is 1. The van der Waals surface area contributed by atoms with Gasteiger partial charge in [0.25, 0.3) is 5.69 Å². The van der Waals surface area contributed by atoms with Gasteiger partial charge >= 0.3 is 23.9 Å². The second kappa shape index (κ2) is 13.6. The van der Waals surface area contributed by atoms with Crippen molar-refractivity contribution >= 4 is 29.6 Å². The van der Waals surface area contributed by atoms with Crippen molar-refractivity contribution in [2.45, 2.75) is 71.6 Å². The summed E-state index contributed by atoms with van der Waals surface area (Å²) in [6.07, 6.45) is -4.97. The van der Waals surface area contributed by atoms with E-state index in [-0.39, 0.29) is 25.4 Å². The molecule has 1 aromatic heterocycles. The first-order valence-corrected chi connectivity index (χ1v) is 12.0. The maximum Gasteiger partial charge on any atom is 0.303 e. The van der Waals surface area contributed by atoms with Crippen molar-refractivity contribution in [2.24, 2.45) is 0 Å². The van der Waals surface area contributed by atoms with Crippen LogP contribution in [0.25, 0.3) is 0 Å². The third-order valence-corrected chi connectivity index (χ3v) is 5.42. The number of non-ortho nitro benzene ring substituents is 1. The highest BCUT2D eigenvalue weighted by molar-refractivity contribution is 5.68. The fourth-order valence-electron chi connectivity index (χ4n) is 3.88. The van der Waals surface area contributed by atoms with E-state index in [2.05, 4.69) is 10.3 Å². The molecule has 0 N–H and O–H groups in total. The summed E-state index contributed by atoms with van der Waals surface area (Å²) >= 11 is 0. The quantitative estimate of drug-likeness (QED) is 0.161. The summed E-state index contributed by atoms with van der Waals surface area (Å²) in [4.78, 5) is 57.4. The van der Waals surface area contributed by atoms with Crippen LogP contribution in [0.4, 0.5) is 5.69 Å². The lowest BCUT2D eigenvalue weighted by Gasteiger charge is -2.43. The number of nitrogens with zero attached hydrogens (tertiary/aromatic N) is 4. The van der Waals surface area contributed by atoms with E-state index in [0.717, 1.165) is 26.3 Å². The molecule has 1 fully saturated rings. The Bertz CT molecular complexity index is 1230. The average Bonchev–Trinajstić information content (AvgIpc) is 3.31. The van der Waals surface area contributed by atoms with Crippen LogP contribution < -0.4 is 0 Å². The summed E-state index contributed by atoms with van der Waals surface area (Å²) in [5.41, 5.74) is 1.04. The first-order chi connectivity index (χ1) is 18.9. The fraction of sp³-hybridized carbons (Fsp3) is 0.500. The van der Waals surface area contributed by atoms with Gasteiger partial charge in [-0.25, -0.2) is 4.68 Å². The van der Waals surface area contributed by atoms with Crippen LogP contribution in [-0.2, 0) is 60.8 Å². The fourth-order valence-corrected chi connectivity index (χ4v) is 3.88. The molecule has 3 rings (SSSR count). The van der Waals surface area contributed by atoms with E-state index in [1.54, 1.807) is 18.3 Å². The number of benzene rings is 1. The van der Waals surface area contributed by atoms with Crippen LogP contribution >= 0.6 is 0 Å². The van der Waals surface area contributed by atoms with E-state index in [4.69, 9.17) is 28.4 Å². The SMILES string of the molecule is CC(=O)OC[C@H]1O[C@H](OCc2cn(Cc3ccc([N+](=O)[O-])cc3)nn2)[C@@H](OC(C)=O)[C@@H](OC(C)=O)[C@@H]1OC(C)=O. The Morgan fingerprint density at radius 3 is 2.10 bits per heavy atom. The van der Waals surface area contributed by atoms with Gasteiger partial charge in [-0.05, 0) is 5.56 Å². The summed E-state index contributed by atoms with van der Waals surface area (Å²) in [7, 11) is 0. The normalized spacial score (nSPS) is 22.1. The Hall–Kier alpha value is -4.44. The number of nitro benzene ring substituents is 1. The molecule has 1 aromatic carbocycles. The molecule has 1 saturated heterocycles. The van der Waals surface area contributed by atoms with E-state index < -0.39 is 59.5 Å². The zero-order valence-corrected chi connectivity index (χ0v) is 22.1. The smallest absolute Gasteiger partial charge is 0.303 e. The molecule has 5 atom stereocenters. The number of esters is 4. The van der Waals surface area contributed by atoms with Crippen molar-refractivity contribution < 1.29 is 52.5 Å². The van der Waals surface area contributed by atoms with Gasteiger partial charge in [-0.1, -0.05) is 17.3 Å². The first kappa shape index (κ1) is 30.1. The number of carbonyl (C=O) groups is 4. The maximum atomic E-state index is 11.9. The van der Waals surface area contributed by atoms with Crippen LogP contribution in [0.2, 0.25) is 0 Å². The summed E-state index contributed by atoms with van der Waals surface area (Å²) in [5, 5.41) is 18.9. The second-order valence-electron chi connectivity index (χ2n) is 8.71. The molecular weight excluding hydrogens is 536 g/mol. The van der Waals surface area contributed by atoms with Gasteiger partial charge in [-0.2, -0.15) is 0 Å². The van der Waals surface area contributed by atoms with Gasteiger partial charge in [0.1, 0.15) is 18.4 Å². The minimum absolute atomic E-state index is 0.0405. The molecule has 40 heavy (non-hydrogen) atoms. The Kier molecular flexibility index (Phi) is 10.2. The minimum atomic E-state index is -1.37. The second-order valence-corrected chi connectivity index (χ2v) is 8.71. The van der Waals surface area contributed by atoms with Crippen molar-refractivity contribution in [3.05, 3.63) is 51.8 Å². The predicted molar refractivity (Wildman–Crippen MR) is 129 cm³/mol. The summed E-state index contributed by atoms with van der Waals surface area (Å²) in [5.74, 6) is -2.91.